The summed E-state index contributed by atoms with van der Waals surface area (Å²) >= 11 is 0. The fraction of sp³-hybridized carbons (Fsp3) is 0.409. The molecule has 2 unspecified atom stereocenters. The smallest absolute Gasteiger partial charge is 0.410 e. The van der Waals surface area contributed by atoms with Crippen LogP contribution in [0.2, 0.25) is 0 Å². The molecule has 142 valence electrons. The fourth-order valence-electron chi connectivity index (χ4n) is 4.56. The van der Waals surface area contributed by atoms with E-state index < -0.39 is 5.60 Å². The third kappa shape index (κ3) is 3.83. The van der Waals surface area contributed by atoms with Crippen LogP contribution in [0.5, 0.6) is 0 Å². The Morgan fingerprint density at radius 1 is 1.07 bits per heavy atom. The Kier molecular flexibility index (Phi) is 4.87. The van der Waals surface area contributed by atoms with Crippen LogP contribution >= 0.6 is 0 Å². The Bertz CT molecular complexity index is 796. The molecule has 4 nitrogen and oxygen atoms in total. The minimum atomic E-state index is -0.982. The highest BCUT2D eigenvalue weighted by atomic mass is 19.1. The van der Waals surface area contributed by atoms with Crippen LogP contribution in [-0.4, -0.2) is 33.8 Å². The molecule has 0 aliphatic carbocycles. The minimum absolute atomic E-state index is 0.0520. The van der Waals surface area contributed by atoms with Gasteiger partial charge in [0.05, 0.1) is 5.60 Å². The molecule has 2 aliphatic rings. The molecule has 0 aromatic heterocycles. The number of amides is 1. The summed E-state index contributed by atoms with van der Waals surface area (Å²) in [6, 6.07) is 16.1. The van der Waals surface area contributed by atoms with Crippen molar-refractivity contribution in [1.29, 1.82) is 0 Å². The Balaban J connectivity index is 1.41. The molecule has 2 atom stereocenters. The van der Waals surface area contributed by atoms with Gasteiger partial charge in [-0.3, -0.25) is 0 Å². The molecule has 2 fully saturated rings. The molecule has 2 saturated heterocycles. The summed E-state index contributed by atoms with van der Waals surface area (Å²) in [5.41, 5.74) is 0.496. The Morgan fingerprint density at radius 2 is 1.70 bits per heavy atom. The van der Waals surface area contributed by atoms with E-state index in [0.29, 0.717) is 18.4 Å². The van der Waals surface area contributed by atoms with Crippen molar-refractivity contribution in [3.63, 3.8) is 0 Å². The number of benzene rings is 2. The van der Waals surface area contributed by atoms with Crippen molar-refractivity contribution in [2.45, 2.75) is 56.4 Å². The second-order valence-electron chi connectivity index (χ2n) is 7.73. The van der Waals surface area contributed by atoms with Crippen molar-refractivity contribution >= 4 is 6.09 Å². The van der Waals surface area contributed by atoms with Crippen LogP contribution in [0, 0.1) is 5.82 Å². The molecule has 2 bridgehead atoms. The van der Waals surface area contributed by atoms with Crippen molar-refractivity contribution in [3.05, 3.63) is 71.5 Å². The Morgan fingerprint density at radius 3 is 2.37 bits per heavy atom. The number of fused-ring (bicyclic) bond motifs is 2. The van der Waals surface area contributed by atoms with E-state index in [1.54, 1.807) is 23.1 Å². The maximum absolute atomic E-state index is 14.0. The van der Waals surface area contributed by atoms with Crippen molar-refractivity contribution in [2.75, 3.05) is 0 Å². The van der Waals surface area contributed by atoms with Crippen LogP contribution in [0.3, 0.4) is 0 Å². The van der Waals surface area contributed by atoms with Gasteiger partial charge in [0.15, 0.2) is 0 Å². The van der Waals surface area contributed by atoms with Gasteiger partial charge in [0.25, 0.3) is 0 Å². The van der Waals surface area contributed by atoms with Gasteiger partial charge >= 0.3 is 6.09 Å². The molecule has 2 aliphatic heterocycles. The number of carbonyl (C=O) groups is 1. The average Bonchev–Trinajstić information content (AvgIpc) is 2.95. The lowest BCUT2D eigenvalue weighted by atomic mass is 9.81. The molecule has 2 heterocycles. The number of piperidine rings is 1. The molecule has 27 heavy (non-hydrogen) atoms. The predicted octanol–water partition coefficient (Wildman–Crippen LogP) is 4.06. The second-order valence-corrected chi connectivity index (χ2v) is 7.73. The molecule has 1 amide bonds. The summed E-state index contributed by atoms with van der Waals surface area (Å²) in [6.45, 7) is 0.245. The van der Waals surface area contributed by atoms with E-state index in [9.17, 15) is 14.3 Å². The van der Waals surface area contributed by atoms with Crippen molar-refractivity contribution in [2.24, 2.45) is 0 Å². The van der Waals surface area contributed by atoms with Gasteiger partial charge in [-0.1, -0.05) is 48.5 Å². The summed E-state index contributed by atoms with van der Waals surface area (Å²) in [5.74, 6) is -0.289. The fourth-order valence-corrected chi connectivity index (χ4v) is 4.56. The molecule has 2 aromatic rings. The summed E-state index contributed by atoms with van der Waals surface area (Å²) in [5, 5.41) is 11.1. The summed E-state index contributed by atoms with van der Waals surface area (Å²) in [7, 11) is 0. The number of halogens is 1. The van der Waals surface area contributed by atoms with Crippen LogP contribution in [0.1, 0.15) is 36.8 Å². The van der Waals surface area contributed by atoms with E-state index in [1.165, 1.54) is 6.07 Å². The zero-order valence-corrected chi connectivity index (χ0v) is 15.2. The van der Waals surface area contributed by atoms with Gasteiger partial charge in [0.1, 0.15) is 12.4 Å². The lowest BCUT2D eigenvalue weighted by Gasteiger charge is -2.43. The number of ether oxygens (including phenoxy) is 1. The quantitative estimate of drug-likeness (QED) is 0.884. The SMILES string of the molecule is O=C(OCc1ccccc1)N1C2CCC1CC(O)(Cc1ccccc1F)C2. The summed E-state index contributed by atoms with van der Waals surface area (Å²) in [6.07, 6.45) is 2.57. The molecular formula is C22H24FNO3. The maximum Gasteiger partial charge on any atom is 0.410 e. The maximum atomic E-state index is 14.0. The van der Waals surface area contributed by atoms with E-state index in [4.69, 9.17) is 4.74 Å². The van der Waals surface area contributed by atoms with Gasteiger partial charge in [0.2, 0.25) is 0 Å². The molecule has 1 N–H and O–H groups in total. The standard InChI is InChI=1S/C22H24FNO3/c23-20-9-5-4-8-17(20)12-22(26)13-18-10-11-19(14-22)24(18)21(25)27-15-16-6-2-1-3-7-16/h1-9,18-19,26H,10-15H2. The van der Waals surface area contributed by atoms with Gasteiger partial charge in [-0.05, 0) is 42.9 Å². The zero-order chi connectivity index (χ0) is 18.9. The van der Waals surface area contributed by atoms with Gasteiger partial charge in [-0.15, -0.1) is 0 Å². The van der Waals surface area contributed by atoms with E-state index >= 15 is 0 Å². The summed E-state index contributed by atoms with van der Waals surface area (Å²) in [4.78, 5) is 14.4. The van der Waals surface area contributed by atoms with Crippen LogP contribution in [0.4, 0.5) is 9.18 Å². The highest BCUT2D eigenvalue weighted by molar-refractivity contribution is 5.69. The number of rotatable bonds is 4. The number of carbonyl (C=O) groups excluding carboxylic acids is 1. The van der Waals surface area contributed by atoms with E-state index in [1.807, 2.05) is 30.3 Å². The number of hydrogen-bond donors (Lipinski definition) is 1. The number of nitrogens with zero attached hydrogens (tertiary/aromatic N) is 1. The minimum Gasteiger partial charge on any atom is -0.445 e. The largest absolute Gasteiger partial charge is 0.445 e. The summed E-state index contributed by atoms with van der Waals surface area (Å²) < 4.78 is 19.5. The molecule has 4 rings (SSSR count). The predicted molar refractivity (Wildman–Crippen MR) is 99.6 cm³/mol. The highest BCUT2D eigenvalue weighted by Crippen LogP contribution is 2.42. The first-order valence-corrected chi connectivity index (χ1v) is 9.49. The van der Waals surface area contributed by atoms with E-state index in [2.05, 4.69) is 0 Å². The lowest BCUT2D eigenvalue weighted by Crippen LogP contribution is -2.54. The number of aliphatic hydroxyl groups is 1. The Labute approximate surface area is 158 Å². The highest BCUT2D eigenvalue weighted by Gasteiger charge is 2.50. The first kappa shape index (κ1) is 18.0. The molecule has 0 saturated carbocycles. The van der Waals surface area contributed by atoms with Gasteiger partial charge in [-0.2, -0.15) is 0 Å². The van der Waals surface area contributed by atoms with Gasteiger partial charge in [-0.25, -0.2) is 9.18 Å². The van der Waals surface area contributed by atoms with Gasteiger partial charge in [0, 0.05) is 18.5 Å². The first-order valence-electron chi connectivity index (χ1n) is 9.49. The Hall–Kier alpha value is -2.40. The molecule has 5 heteroatoms. The van der Waals surface area contributed by atoms with Gasteiger partial charge < -0.3 is 14.7 Å². The third-order valence-electron chi connectivity index (χ3n) is 5.74. The van der Waals surface area contributed by atoms with Crippen molar-refractivity contribution in [1.82, 2.24) is 4.90 Å². The van der Waals surface area contributed by atoms with Crippen LogP contribution in [0.25, 0.3) is 0 Å². The lowest BCUT2D eigenvalue weighted by molar-refractivity contribution is -0.0489. The second kappa shape index (κ2) is 7.31. The molecule has 0 spiro atoms. The number of hydrogen-bond acceptors (Lipinski definition) is 3. The van der Waals surface area contributed by atoms with E-state index in [0.717, 1.165) is 18.4 Å². The third-order valence-corrected chi connectivity index (χ3v) is 5.74. The van der Waals surface area contributed by atoms with E-state index in [-0.39, 0.29) is 37.0 Å². The molecule has 0 radical (unpaired) electrons. The normalized spacial score (nSPS) is 26.8. The topological polar surface area (TPSA) is 49.8 Å². The van der Waals surface area contributed by atoms with Crippen LogP contribution in [-0.2, 0) is 17.8 Å². The molecule has 2 aromatic carbocycles. The van der Waals surface area contributed by atoms with Crippen LogP contribution in [0.15, 0.2) is 54.6 Å². The van der Waals surface area contributed by atoms with Crippen molar-refractivity contribution in [3.8, 4) is 0 Å². The first-order chi connectivity index (χ1) is 13.0. The average molecular weight is 369 g/mol. The molecular weight excluding hydrogens is 345 g/mol. The zero-order valence-electron chi connectivity index (χ0n) is 15.2. The van der Waals surface area contributed by atoms with Crippen LogP contribution < -0.4 is 0 Å². The monoisotopic (exact) mass is 369 g/mol. The van der Waals surface area contributed by atoms with Crippen molar-refractivity contribution < 1.29 is 19.0 Å².